The minimum Gasteiger partial charge on any atom is -0.228 e. The SMILES string of the molecule is c1ccc(-c2cc(-c3ccc4c(-c5ccccc5)c5cc(-c6ccccc6-c6ccccc6)ccc5c(-c5ccccc5)c4c3)nc(-c3ccccc3)n2)cc1. The number of aromatic nitrogens is 2. The molecule has 2 nitrogen and oxygen atoms in total. The molecule has 1 heterocycles. The molecule has 0 atom stereocenters. The van der Waals surface area contributed by atoms with Gasteiger partial charge in [-0.25, -0.2) is 9.97 Å². The zero-order valence-corrected chi connectivity index (χ0v) is 30.7. The maximum absolute atomic E-state index is 5.22. The van der Waals surface area contributed by atoms with E-state index in [1.165, 1.54) is 66.1 Å². The van der Waals surface area contributed by atoms with Crippen LogP contribution >= 0.6 is 0 Å². The molecule has 0 saturated heterocycles. The van der Waals surface area contributed by atoms with Crippen molar-refractivity contribution >= 4 is 21.5 Å². The Morgan fingerprint density at radius 1 is 0.232 bits per heavy atom. The molecule has 0 saturated carbocycles. The Morgan fingerprint density at radius 2 is 0.607 bits per heavy atom. The molecule has 0 fully saturated rings. The first kappa shape index (κ1) is 33.2. The molecule has 0 bridgehead atoms. The molecule has 9 aromatic carbocycles. The minimum absolute atomic E-state index is 0.706. The van der Waals surface area contributed by atoms with E-state index < -0.39 is 0 Å². The fourth-order valence-electron chi connectivity index (χ4n) is 8.06. The molecule has 0 N–H and O–H groups in total. The lowest BCUT2D eigenvalue weighted by Gasteiger charge is -2.20. The average molecular weight is 713 g/mol. The molecule has 0 aliphatic heterocycles. The third kappa shape index (κ3) is 6.14. The van der Waals surface area contributed by atoms with Gasteiger partial charge in [-0.2, -0.15) is 0 Å². The second-order valence-electron chi connectivity index (χ2n) is 14.1. The Bertz CT molecular complexity index is 2920. The Balaban J connectivity index is 1.26. The first-order chi connectivity index (χ1) is 27.8. The van der Waals surface area contributed by atoms with Gasteiger partial charge in [0.2, 0.25) is 0 Å². The molecule has 56 heavy (non-hydrogen) atoms. The zero-order valence-electron chi connectivity index (χ0n) is 30.7. The van der Waals surface area contributed by atoms with E-state index in [9.17, 15) is 0 Å². The lowest BCUT2D eigenvalue weighted by atomic mass is 9.83. The smallest absolute Gasteiger partial charge is 0.160 e. The van der Waals surface area contributed by atoms with Gasteiger partial charge >= 0.3 is 0 Å². The number of hydrogen-bond donors (Lipinski definition) is 0. The van der Waals surface area contributed by atoms with Crippen LogP contribution in [0.25, 0.3) is 100.0 Å². The van der Waals surface area contributed by atoms with Crippen LogP contribution in [0.3, 0.4) is 0 Å². The number of rotatable bonds is 7. The van der Waals surface area contributed by atoms with Crippen molar-refractivity contribution in [2.24, 2.45) is 0 Å². The normalized spacial score (nSPS) is 11.2. The number of nitrogens with zero attached hydrogens (tertiary/aromatic N) is 2. The number of fused-ring (bicyclic) bond motifs is 2. The molecule has 0 aliphatic rings. The maximum Gasteiger partial charge on any atom is 0.160 e. The lowest BCUT2D eigenvalue weighted by molar-refractivity contribution is 1.18. The quantitative estimate of drug-likeness (QED) is 0.154. The Labute approximate surface area is 327 Å². The average Bonchev–Trinajstić information content (AvgIpc) is 3.29. The molecular weight excluding hydrogens is 677 g/mol. The second-order valence-corrected chi connectivity index (χ2v) is 14.1. The van der Waals surface area contributed by atoms with Gasteiger partial charge in [0.05, 0.1) is 11.4 Å². The Morgan fingerprint density at radius 3 is 1.12 bits per heavy atom. The van der Waals surface area contributed by atoms with Crippen LogP contribution in [0.4, 0.5) is 0 Å². The Hall–Kier alpha value is -7.42. The van der Waals surface area contributed by atoms with Gasteiger partial charge in [-0.1, -0.05) is 200 Å². The fourth-order valence-corrected chi connectivity index (χ4v) is 8.06. The van der Waals surface area contributed by atoms with E-state index in [2.05, 4.69) is 194 Å². The highest BCUT2D eigenvalue weighted by molar-refractivity contribution is 6.22. The van der Waals surface area contributed by atoms with Crippen LogP contribution in [0.15, 0.2) is 218 Å². The molecular formula is C54H36N2. The summed E-state index contributed by atoms with van der Waals surface area (Å²) in [5, 5.41) is 4.80. The van der Waals surface area contributed by atoms with Crippen LogP contribution < -0.4 is 0 Å². The number of hydrogen-bond acceptors (Lipinski definition) is 2. The summed E-state index contributed by atoms with van der Waals surface area (Å²) in [6.45, 7) is 0. The summed E-state index contributed by atoms with van der Waals surface area (Å²) < 4.78 is 0. The molecule has 0 radical (unpaired) electrons. The van der Waals surface area contributed by atoms with Crippen molar-refractivity contribution in [2.75, 3.05) is 0 Å². The van der Waals surface area contributed by atoms with Gasteiger partial charge in [-0.05, 0) is 84.3 Å². The summed E-state index contributed by atoms with van der Waals surface area (Å²) in [7, 11) is 0. The largest absolute Gasteiger partial charge is 0.228 e. The predicted octanol–water partition coefficient (Wildman–Crippen LogP) is 14.5. The molecule has 0 spiro atoms. The van der Waals surface area contributed by atoms with Crippen LogP contribution in [0, 0.1) is 0 Å². The topological polar surface area (TPSA) is 25.8 Å². The maximum atomic E-state index is 5.22. The van der Waals surface area contributed by atoms with E-state index in [-0.39, 0.29) is 0 Å². The Kier molecular flexibility index (Phi) is 8.55. The van der Waals surface area contributed by atoms with Gasteiger partial charge in [0.15, 0.2) is 5.82 Å². The molecule has 10 rings (SSSR count). The van der Waals surface area contributed by atoms with E-state index in [1.807, 2.05) is 24.3 Å². The lowest BCUT2D eigenvalue weighted by Crippen LogP contribution is -1.96. The van der Waals surface area contributed by atoms with Crippen molar-refractivity contribution in [3.05, 3.63) is 218 Å². The van der Waals surface area contributed by atoms with Gasteiger partial charge in [-0.3, -0.25) is 0 Å². The molecule has 1 aromatic heterocycles. The minimum atomic E-state index is 0.706. The van der Waals surface area contributed by atoms with Crippen molar-refractivity contribution in [3.8, 4) is 78.4 Å². The van der Waals surface area contributed by atoms with Crippen LogP contribution in [0.1, 0.15) is 0 Å². The van der Waals surface area contributed by atoms with Crippen molar-refractivity contribution in [2.45, 2.75) is 0 Å². The standard InChI is InChI=1S/C54H36N2/c1-6-18-37(19-7-1)44-28-16-17-29-45(44)42-30-32-46-48(34-42)52(39-22-10-3-11-23-39)47-33-31-43(35-49(47)53(46)40-24-12-4-13-25-40)51-36-50(38-20-8-2-9-21-38)55-54(56-51)41-26-14-5-15-27-41/h1-36H. The second kappa shape index (κ2) is 14.4. The van der Waals surface area contributed by atoms with E-state index in [1.54, 1.807) is 0 Å². The van der Waals surface area contributed by atoms with Crippen LogP contribution in [0.2, 0.25) is 0 Å². The zero-order chi connectivity index (χ0) is 37.3. The van der Waals surface area contributed by atoms with Crippen LogP contribution in [-0.4, -0.2) is 9.97 Å². The molecule has 262 valence electrons. The van der Waals surface area contributed by atoms with Crippen molar-refractivity contribution in [1.82, 2.24) is 9.97 Å². The van der Waals surface area contributed by atoms with Crippen molar-refractivity contribution < 1.29 is 0 Å². The van der Waals surface area contributed by atoms with Gasteiger partial charge in [0.1, 0.15) is 0 Å². The molecule has 0 amide bonds. The van der Waals surface area contributed by atoms with E-state index in [4.69, 9.17) is 9.97 Å². The van der Waals surface area contributed by atoms with Crippen molar-refractivity contribution in [3.63, 3.8) is 0 Å². The van der Waals surface area contributed by atoms with Gasteiger partial charge < -0.3 is 0 Å². The highest BCUT2D eigenvalue weighted by Crippen LogP contribution is 2.46. The third-order valence-electron chi connectivity index (χ3n) is 10.7. The summed E-state index contributed by atoms with van der Waals surface area (Å²) in [5.74, 6) is 0.706. The summed E-state index contributed by atoms with van der Waals surface area (Å²) in [6.07, 6.45) is 0. The van der Waals surface area contributed by atoms with Crippen molar-refractivity contribution in [1.29, 1.82) is 0 Å². The molecule has 2 heteroatoms. The highest BCUT2D eigenvalue weighted by atomic mass is 14.9. The summed E-state index contributed by atoms with van der Waals surface area (Å²) >= 11 is 0. The van der Waals surface area contributed by atoms with Gasteiger partial charge in [-0.15, -0.1) is 0 Å². The van der Waals surface area contributed by atoms with E-state index in [0.29, 0.717) is 5.82 Å². The first-order valence-electron chi connectivity index (χ1n) is 19.1. The van der Waals surface area contributed by atoms with Gasteiger partial charge in [0, 0.05) is 16.7 Å². The van der Waals surface area contributed by atoms with E-state index >= 15 is 0 Å². The third-order valence-corrected chi connectivity index (χ3v) is 10.7. The first-order valence-corrected chi connectivity index (χ1v) is 19.1. The van der Waals surface area contributed by atoms with Crippen LogP contribution in [-0.2, 0) is 0 Å². The molecule has 10 aromatic rings. The predicted molar refractivity (Wildman–Crippen MR) is 235 cm³/mol. The number of benzene rings is 9. The highest BCUT2D eigenvalue weighted by Gasteiger charge is 2.20. The summed E-state index contributed by atoms with van der Waals surface area (Å²) in [5.41, 5.74) is 14.5. The summed E-state index contributed by atoms with van der Waals surface area (Å²) in [4.78, 5) is 10.3. The summed E-state index contributed by atoms with van der Waals surface area (Å²) in [6, 6.07) is 77.7. The van der Waals surface area contributed by atoms with Crippen LogP contribution in [0.5, 0.6) is 0 Å². The molecule has 0 aliphatic carbocycles. The fraction of sp³-hybridized carbons (Fsp3) is 0. The monoisotopic (exact) mass is 712 g/mol. The molecule has 0 unspecified atom stereocenters. The van der Waals surface area contributed by atoms with E-state index in [0.717, 1.165) is 28.1 Å². The van der Waals surface area contributed by atoms with Gasteiger partial charge in [0.25, 0.3) is 0 Å².